The topological polar surface area (TPSA) is 93.6 Å². The highest BCUT2D eigenvalue weighted by Gasteiger charge is 2.31. The number of nitrogens with one attached hydrogen (secondary N) is 2. The lowest BCUT2D eigenvalue weighted by Gasteiger charge is -2.37. The molecule has 0 bridgehead atoms. The van der Waals surface area contributed by atoms with Crippen molar-refractivity contribution in [3.63, 3.8) is 0 Å². The van der Waals surface area contributed by atoms with Gasteiger partial charge in [-0.1, -0.05) is 18.0 Å². The van der Waals surface area contributed by atoms with Gasteiger partial charge in [0.15, 0.2) is 0 Å². The Morgan fingerprint density at radius 2 is 2.00 bits per heavy atom. The van der Waals surface area contributed by atoms with Crippen molar-refractivity contribution in [2.24, 2.45) is 0 Å². The zero-order valence-corrected chi connectivity index (χ0v) is 24.7. The van der Waals surface area contributed by atoms with E-state index in [0.29, 0.717) is 47.7 Å². The van der Waals surface area contributed by atoms with Crippen LogP contribution in [0.15, 0.2) is 24.4 Å². The summed E-state index contributed by atoms with van der Waals surface area (Å²) in [5.74, 6) is -0.0762. The molecule has 1 fully saturated rings. The number of alkyl halides is 3. The molecule has 8 nitrogen and oxygen atoms in total. The maximum absolute atomic E-state index is 14.7. The van der Waals surface area contributed by atoms with Gasteiger partial charge in [-0.3, -0.25) is 9.69 Å². The normalized spacial score (nSPS) is 19.9. The van der Waals surface area contributed by atoms with Crippen molar-refractivity contribution in [3.05, 3.63) is 41.3 Å². The summed E-state index contributed by atoms with van der Waals surface area (Å²) in [6, 6.07) is 4.30. The third kappa shape index (κ3) is 9.30. The molecule has 3 rings (SSSR count). The SMILES string of the molecule is C/C(=C\c1cnc(NC2CCC(O)C(N(C)C)C2)nc1N(C=O)C(C)C)c1ccc(NSCCC(F)(F)F)c(F)c1. The molecule has 0 aliphatic heterocycles. The van der Waals surface area contributed by atoms with Crippen LogP contribution >= 0.6 is 11.9 Å². The minimum absolute atomic E-state index is 0.00757. The second-order valence-corrected chi connectivity index (χ2v) is 11.6. The molecule has 0 radical (unpaired) electrons. The van der Waals surface area contributed by atoms with Crippen LogP contribution in [0.2, 0.25) is 0 Å². The van der Waals surface area contributed by atoms with Gasteiger partial charge in [0.05, 0.1) is 18.2 Å². The second kappa shape index (κ2) is 14.3. The highest BCUT2D eigenvalue weighted by atomic mass is 32.2. The lowest BCUT2D eigenvalue weighted by molar-refractivity contribution is -0.129. The van der Waals surface area contributed by atoms with E-state index >= 15 is 0 Å². The Kier molecular flexibility index (Phi) is 11.4. The van der Waals surface area contributed by atoms with Crippen LogP contribution in [0.3, 0.4) is 0 Å². The number of carbonyl (C=O) groups is 1. The Labute approximate surface area is 242 Å². The molecule has 2 aromatic rings. The van der Waals surface area contributed by atoms with E-state index in [9.17, 15) is 27.5 Å². The maximum atomic E-state index is 14.7. The highest BCUT2D eigenvalue weighted by molar-refractivity contribution is 8.00. The number of nitrogens with zero attached hydrogens (tertiary/aromatic N) is 4. The Bertz CT molecular complexity index is 1210. The van der Waals surface area contributed by atoms with Crippen molar-refractivity contribution in [3.8, 4) is 0 Å². The molecule has 1 aromatic heterocycles. The summed E-state index contributed by atoms with van der Waals surface area (Å²) in [4.78, 5) is 24.7. The van der Waals surface area contributed by atoms with Gasteiger partial charge >= 0.3 is 6.18 Å². The number of aromatic nitrogens is 2. The van der Waals surface area contributed by atoms with E-state index in [2.05, 4.69) is 20.0 Å². The van der Waals surface area contributed by atoms with Crippen molar-refractivity contribution in [1.29, 1.82) is 0 Å². The summed E-state index contributed by atoms with van der Waals surface area (Å²) in [5.41, 5.74) is 1.88. The van der Waals surface area contributed by atoms with Crippen LogP contribution in [0.5, 0.6) is 0 Å². The molecule has 1 amide bonds. The van der Waals surface area contributed by atoms with Crippen molar-refractivity contribution in [2.45, 2.75) is 76.9 Å². The molecular weight excluding hydrogens is 560 g/mol. The molecule has 3 atom stereocenters. The molecule has 1 aliphatic rings. The van der Waals surface area contributed by atoms with Crippen molar-refractivity contribution in [2.75, 3.05) is 34.8 Å². The number of amides is 1. The summed E-state index contributed by atoms with van der Waals surface area (Å²) in [6.07, 6.45) is 0.559. The van der Waals surface area contributed by atoms with Gasteiger partial charge in [-0.05, 0) is 83.5 Å². The molecule has 1 aliphatic carbocycles. The fourth-order valence-electron chi connectivity index (χ4n) is 4.63. The van der Waals surface area contributed by atoms with Crippen LogP contribution in [0, 0.1) is 5.82 Å². The molecular formula is C28H38F4N6O2S. The van der Waals surface area contributed by atoms with Crippen molar-refractivity contribution in [1.82, 2.24) is 14.9 Å². The van der Waals surface area contributed by atoms with Crippen LogP contribution in [0.1, 0.15) is 57.6 Å². The van der Waals surface area contributed by atoms with Gasteiger partial charge in [-0.2, -0.15) is 18.2 Å². The first-order valence-electron chi connectivity index (χ1n) is 13.4. The molecule has 3 N–H and O–H groups in total. The predicted octanol–water partition coefficient (Wildman–Crippen LogP) is 5.82. The average molecular weight is 599 g/mol. The van der Waals surface area contributed by atoms with Gasteiger partial charge in [0.25, 0.3) is 0 Å². The first-order chi connectivity index (χ1) is 19.3. The van der Waals surface area contributed by atoms with Gasteiger partial charge < -0.3 is 20.0 Å². The second-order valence-electron chi connectivity index (χ2n) is 10.7. The zero-order valence-electron chi connectivity index (χ0n) is 23.9. The van der Waals surface area contributed by atoms with Gasteiger partial charge in [-0.15, -0.1) is 0 Å². The number of aliphatic hydroxyl groups is 1. The number of aliphatic hydroxyl groups excluding tert-OH is 1. The molecule has 3 unspecified atom stereocenters. The van der Waals surface area contributed by atoms with Crippen LogP contribution in [0.4, 0.5) is 35.0 Å². The molecule has 226 valence electrons. The Morgan fingerprint density at radius 1 is 1.27 bits per heavy atom. The minimum atomic E-state index is -4.26. The monoisotopic (exact) mass is 598 g/mol. The van der Waals surface area contributed by atoms with E-state index in [1.165, 1.54) is 17.0 Å². The number of benzene rings is 1. The van der Waals surface area contributed by atoms with Gasteiger partial charge in [0.2, 0.25) is 12.4 Å². The molecule has 0 spiro atoms. The zero-order chi connectivity index (χ0) is 30.3. The van der Waals surface area contributed by atoms with Crippen LogP contribution in [-0.4, -0.2) is 76.6 Å². The molecule has 1 aromatic carbocycles. The summed E-state index contributed by atoms with van der Waals surface area (Å²) in [5, 5.41) is 13.7. The number of rotatable bonds is 12. The summed E-state index contributed by atoms with van der Waals surface area (Å²) in [6.45, 7) is 5.51. The van der Waals surface area contributed by atoms with E-state index in [1.807, 2.05) is 32.8 Å². The van der Waals surface area contributed by atoms with Crippen LogP contribution in [0.25, 0.3) is 11.6 Å². The van der Waals surface area contributed by atoms with Gasteiger partial charge in [0.1, 0.15) is 11.6 Å². The molecule has 1 saturated carbocycles. The standard InChI is InChI=1S/C28H38F4N6O2S/c1-17(2)38(16-39)26-20(15-33-27(35-26)34-21-7-9-25(40)24(14-21)37(4)5)12-18(3)19-6-8-23(22(29)13-19)36-41-11-10-28(30,31)32/h6,8,12-13,15-17,21,24-25,36,40H,7,9-11,14H2,1-5H3,(H,33,34,35)/b18-12+. The number of anilines is 3. The van der Waals surface area contributed by atoms with E-state index < -0.39 is 24.5 Å². The van der Waals surface area contributed by atoms with E-state index in [1.54, 1.807) is 25.3 Å². The lowest BCUT2D eigenvalue weighted by atomic mass is 9.88. The number of hydrogen-bond donors (Lipinski definition) is 3. The predicted molar refractivity (Wildman–Crippen MR) is 157 cm³/mol. The largest absolute Gasteiger partial charge is 0.391 e. The number of likely N-dealkylation sites (N-methyl/N-ethyl adjacent to an activating group) is 1. The van der Waals surface area contributed by atoms with Gasteiger partial charge in [-0.25, -0.2) is 9.37 Å². The highest BCUT2D eigenvalue weighted by Crippen LogP contribution is 2.30. The first kappa shape index (κ1) is 32.6. The number of allylic oxidation sites excluding steroid dienone is 1. The number of carbonyl (C=O) groups excluding carboxylic acids is 1. The third-order valence-corrected chi connectivity index (χ3v) is 7.73. The molecule has 0 saturated heterocycles. The smallest absolute Gasteiger partial charge is 0.389 e. The third-order valence-electron chi connectivity index (χ3n) is 6.95. The minimum Gasteiger partial charge on any atom is -0.391 e. The number of hydrogen-bond acceptors (Lipinski definition) is 8. The summed E-state index contributed by atoms with van der Waals surface area (Å²) >= 11 is 0.789. The fourth-order valence-corrected chi connectivity index (χ4v) is 5.39. The summed E-state index contributed by atoms with van der Waals surface area (Å²) in [7, 11) is 3.87. The van der Waals surface area contributed by atoms with E-state index in [-0.39, 0.29) is 29.6 Å². The molecule has 13 heteroatoms. The molecule has 1 heterocycles. The van der Waals surface area contributed by atoms with Gasteiger partial charge in [0, 0.05) is 35.6 Å². The lowest BCUT2D eigenvalue weighted by Crippen LogP contribution is -2.47. The van der Waals surface area contributed by atoms with E-state index in [0.717, 1.165) is 18.4 Å². The van der Waals surface area contributed by atoms with Crippen molar-refractivity contribution >= 4 is 47.5 Å². The number of halogens is 4. The molecule has 41 heavy (non-hydrogen) atoms. The Hall–Kier alpha value is -2.90. The average Bonchev–Trinajstić information content (AvgIpc) is 2.89. The maximum Gasteiger partial charge on any atom is 0.389 e. The van der Waals surface area contributed by atoms with Crippen LogP contribution < -0.4 is 14.9 Å². The van der Waals surface area contributed by atoms with E-state index in [4.69, 9.17) is 0 Å². The van der Waals surface area contributed by atoms with Crippen LogP contribution in [-0.2, 0) is 4.79 Å². The Morgan fingerprint density at radius 3 is 2.61 bits per heavy atom. The van der Waals surface area contributed by atoms with Crippen molar-refractivity contribution < 1.29 is 27.5 Å². The Balaban J connectivity index is 1.82. The quantitative estimate of drug-likeness (QED) is 0.122. The fraction of sp³-hybridized carbons (Fsp3) is 0.536. The summed E-state index contributed by atoms with van der Waals surface area (Å²) < 4.78 is 54.4. The first-order valence-corrected chi connectivity index (χ1v) is 14.4.